The van der Waals surface area contributed by atoms with Gasteiger partial charge in [-0.25, -0.2) is 4.79 Å². The fourth-order valence-electron chi connectivity index (χ4n) is 4.97. The van der Waals surface area contributed by atoms with Crippen molar-refractivity contribution in [1.29, 1.82) is 10.8 Å². The number of piperidine rings is 1. The first-order valence-electron chi connectivity index (χ1n) is 12.3. The zero-order chi connectivity index (χ0) is 27.0. The van der Waals surface area contributed by atoms with Gasteiger partial charge in [-0.2, -0.15) is 0 Å². The molecule has 1 saturated heterocycles. The molecule has 0 radical (unpaired) electrons. The maximum absolute atomic E-state index is 13.4. The van der Waals surface area contributed by atoms with E-state index in [0.717, 1.165) is 16.3 Å². The number of carboxylic acid groups (broad SMARTS) is 1. The largest absolute Gasteiger partial charge is 0.490 e. The highest BCUT2D eigenvalue weighted by Crippen LogP contribution is 2.25. The number of aliphatic carboxylic acids is 1. The van der Waals surface area contributed by atoms with Crippen molar-refractivity contribution in [2.24, 2.45) is 11.5 Å². The monoisotopic (exact) mass is 515 g/mol. The van der Waals surface area contributed by atoms with E-state index in [2.05, 4.69) is 0 Å². The molecule has 3 aromatic carbocycles. The summed E-state index contributed by atoms with van der Waals surface area (Å²) in [4.78, 5) is 26.7. The van der Waals surface area contributed by atoms with E-state index in [4.69, 9.17) is 27.0 Å². The number of fused-ring (bicyclic) bond motifs is 2. The maximum atomic E-state index is 13.4. The molecule has 1 aliphatic rings. The number of ether oxygens (including phenoxy) is 1. The van der Waals surface area contributed by atoms with Crippen molar-refractivity contribution < 1.29 is 14.6 Å². The van der Waals surface area contributed by atoms with Gasteiger partial charge >= 0.3 is 11.7 Å². The summed E-state index contributed by atoms with van der Waals surface area (Å²) < 4.78 is 9.02. The smallest absolute Gasteiger partial charge is 0.329 e. The Morgan fingerprint density at radius 1 is 0.947 bits per heavy atom. The molecule has 0 unspecified atom stereocenters. The molecule has 7 N–H and O–H groups in total. The van der Waals surface area contributed by atoms with Crippen LogP contribution < -0.4 is 21.9 Å². The molecule has 0 spiro atoms. The number of nitrogens with zero attached hydrogens (tertiary/aromatic N) is 3. The normalized spacial score (nSPS) is 14.2. The number of aromatic nitrogens is 2. The van der Waals surface area contributed by atoms with Crippen LogP contribution in [0.5, 0.6) is 5.75 Å². The van der Waals surface area contributed by atoms with Crippen molar-refractivity contribution >= 4 is 39.6 Å². The number of hydrogen-bond acceptors (Lipinski definition) is 5. The molecule has 11 heteroatoms. The Labute approximate surface area is 217 Å². The lowest BCUT2D eigenvalue weighted by molar-refractivity contribution is -0.137. The van der Waals surface area contributed by atoms with Gasteiger partial charge in [0.15, 0.2) is 5.96 Å². The van der Waals surface area contributed by atoms with Crippen LogP contribution in [0, 0.1) is 10.8 Å². The number of imidazole rings is 1. The first kappa shape index (κ1) is 24.9. The summed E-state index contributed by atoms with van der Waals surface area (Å²) in [6.07, 6.45) is 1.37. The molecule has 1 aliphatic heterocycles. The SMILES string of the molecule is N=C(N)c1ccc2ccc(Cn3c(=O)n(CC(=O)O)c4ccc(OC5CCN(C(=N)N)CC5)cc43)cc2c1. The molecular weight excluding hydrogens is 486 g/mol. The van der Waals surface area contributed by atoms with Crippen LogP contribution in [0.4, 0.5) is 0 Å². The van der Waals surface area contributed by atoms with Gasteiger partial charge in [-0.1, -0.05) is 24.3 Å². The van der Waals surface area contributed by atoms with Gasteiger partial charge < -0.3 is 26.2 Å². The van der Waals surface area contributed by atoms with Crippen LogP contribution >= 0.6 is 0 Å². The van der Waals surface area contributed by atoms with Gasteiger partial charge in [0.05, 0.1) is 17.6 Å². The number of likely N-dealkylation sites (tertiary alicyclic amines) is 1. The Balaban J connectivity index is 1.50. The van der Waals surface area contributed by atoms with Crippen LogP contribution in [-0.4, -0.2) is 56.1 Å². The zero-order valence-corrected chi connectivity index (χ0v) is 20.7. The van der Waals surface area contributed by atoms with Gasteiger partial charge in [0.2, 0.25) is 0 Å². The Kier molecular flexibility index (Phi) is 6.50. The van der Waals surface area contributed by atoms with Crippen molar-refractivity contribution in [3.63, 3.8) is 0 Å². The van der Waals surface area contributed by atoms with E-state index >= 15 is 0 Å². The molecule has 0 bridgehead atoms. The standard InChI is InChI=1S/C27H29N7O4/c28-25(29)18-4-3-17-2-1-16(11-19(17)12-18)14-33-23-13-21(38-20-7-9-32(10-8-20)26(30)31)5-6-22(23)34(27(33)37)15-24(35)36/h1-6,11-13,20H,7-10,14-15H2,(H3,28,29)(H3,30,31)(H,35,36). The molecule has 5 rings (SSSR count). The lowest BCUT2D eigenvalue weighted by Crippen LogP contribution is -2.44. The Hall–Kier alpha value is -4.80. The van der Waals surface area contributed by atoms with Gasteiger partial charge in [0.25, 0.3) is 0 Å². The second kappa shape index (κ2) is 9.92. The summed E-state index contributed by atoms with van der Waals surface area (Å²) in [6, 6.07) is 16.6. The quantitative estimate of drug-likeness (QED) is 0.185. The topological polar surface area (TPSA) is 176 Å². The molecule has 0 saturated carbocycles. The fourth-order valence-corrected chi connectivity index (χ4v) is 4.97. The Bertz CT molecular complexity index is 1630. The molecular formula is C27H29N7O4. The van der Waals surface area contributed by atoms with Crippen LogP contribution in [0.1, 0.15) is 24.0 Å². The van der Waals surface area contributed by atoms with Gasteiger partial charge in [-0.3, -0.25) is 24.7 Å². The fraction of sp³-hybridized carbons (Fsp3) is 0.259. The number of rotatable bonds is 7. The highest BCUT2D eigenvalue weighted by molar-refractivity contribution is 5.99. The summed E-state index contributed by atoms with van der Waals surface area (Å²) in [6.45, 7) is 1.04. The van der Waals surface area contributed by atoms with Crippen molar-refractivity contribution in [3.05, 3.63) is 76.2 Å². The van der Waals surface area contributed by atoms with E-state index in [0.29, 0.717) is 48.3 Å². The number of amidine groups is 1. The molecule has 0 amide bonds. The van der Waals surface area contributed by atoms with Crippen molar-refractivity contribution in [1.82, 2.24) is 14.0 Å². The molecule has 2 heterocycles. The second-order valence-corrected chi connectivity index (χ2v) is 9.50. The molecule has 196 valence electrons. The van der Waals surface area contributed by atoms with Crippen LogP contribution in [0.15, 0.2) is 59.4 Å². The molecule has 38 heavy (non-hydrogen) atoms. The number of hydrogen-bond donors (Lipinski definition) is 5. The predicted molar refractivity (Wildman–Crippen MR) is 145 cm³/mol. The third kappa shape index (κ3) is 4.90. The van der Waals surface area contributed by atoms with E-state index in [1.807, 2.05) is 30.3 Å². The van der Waals surface area contributed by atoms with Gasteiger partial charge in [-0.15, -0.1) is 0 Å². The van der Waals surface area contributed by atoms with Crippen LogP contribution in [0.2, 0.25) is 0 Å². The average molecular weight is 516 g/mol. The Morgan fingerprint density at radius 3 is 2.37 bits per heavy atom. The van der Waals surface area contributed by atoms with E-state index in [-0.39, 0.29) is 24.4 Å². The highest BCUT2D eigenvalue weighted by atomic mass is 16.5. The number of carboxylic acids is 1. The molecule has 0 atom stereocenters. The summed E-state index contributed by atoms with van der Waals surface area (Å²) >= 11 is 0. The maximum Gasteiger partial charge on any atom is 0.329 e. The van der Waals surface area contributed by atoms with E-state index in [1.165, 1.54) is 4.57 Å². The summed E-state index contributed by atoms with van der Waals surface area (Å²) in [7, 11) is 0. The zero-order valence-electron chi connectivity index (χ0n) is 20.7. The van der Waals surface area contributed by atoms with Crippen LogP contribution in [0.25, 0.3) is 21.8 Å². The van der Waals surface area contributed by atoms with Crippen molar-refractivity contribution in [2.75, 3.05) is 13.1 Å². The second-order valence-electron chi connectivity index (χ2n) is 9.50. The summed E-state index contributed by atoms with van der Waals surface area (Å²) in [5, 5.41) is 26.6. The predicted octanol–water partition coefficient (Wildman–Crippen LogP) is 2.11. The third-order valence-corrected chi connectivity index (χ3v) is 6.93. The van der Waals surface area contributed by atoms with Gasteiger partial charge in [0.1, 0.15) is 24.2 Å². The first-order chi connectivity index (χ1) is 18.2. The summed E-state index contributed by atoms with van der Waals surface area (Å²) in [5.41, 5.74) is 13.4. The summed E-state index contributed by atoms with van der Waals surface area (Å²) in [5.74, 6) is -0.486. The van der Waals surface area contributed by atoms with Crippen molar-refractivity contribution in [2.45, 2.75) is 32.0 Å². The minimum absolute atomic E-state index is 0.0234. The number of nitrogens with one attached hydrogen (secondary N) is 2. The number of nitrogens with two attached hydrogens (primary N) is 2. The number of benzene rings is 3. The van der Waals surface area contributed by atoms with Gasteiger partial charge in [0, 0.05) is 37.6 Å². The first-order valence-corrected chi connectivity index (χ1v) is 12.3. The average Bonchev–Trinajstić information content (AvgIpc) is 3.13. The highest BCUT2D eigenvalue weighted by Gasteiger charge is 2.22. The molecule has 4 aromatic rings. The van der Waals surface area contributed by atoms with E-state index < -0.39 is 18.2 Å². The van der Waals surface area contributed by atoms with E-state index in [9.17, 15) is 14.7 Å². The number of nitrogen functional groups attached to an aromatic ring is 1. The minimum Gasteiger partial charge on any atom is -0.490 e. The number of carbonyl (C=O) groups is 1. The van der Waals surface area contributed by atoms with Gasteiger partial charge in [-0.05, 0) is 40.6 Å². The van der Waals surface area contributed by atoms with Crippen molar-refractivity contribution in [3.8, 4) is 5.75 Å². The minimum atomic E-state index is -1.11. The van der Waals surface area contributed by atoms with Crippen LogP contribution in [0.3, 0.4) is 0 Å². The molecule has 0 aliphatic carbocycles. The third-order valence-electron chi connectivity index (χ3n) is 6.93. The molecule has 1 fully saturated rings. The van der Waals surface area contributed by atoms with E-state index in [1.54, 1.807) is 33.7 Å². The Morgan fingerprint density at radius 2 is 1.68 bits per heavy atom. The lowest BCUT2D eigenvalue weighted by atomic mass is 10.0. The lowest BCUT2D eigenvalue weighted by Gasteiger charge is -2.32. The molecule has 11 nitrogen and oxygen atoms in total. The van der Waals surface area contributed by atoms with Crippen LogP contribution in [-0.2, 0) is 17.9 Å². The molecule has 1 aromatic heterocycles. The number of guanidine groups is 1.